The maximum atomic E-state index is 12.6. The summed E-state index contributed by atoms with van der Waals surface area (Å²) < 4.78 is 26.9. The molecule has 0 unspecified atom stereocenters. The predicted octanol–water partition coefficient (Wildman–Crippen LogP) is 1.81. The van der Waals surface area contributed by atoms with Gasteiger partial charge in [-0.3, -0.25) is 4.90 Å². The number of aliphatic hydroxyl groups is 1. The van der Waals surface area contributed by atoms with E-state index in [1.807, 2.05) is 0 Å². The van der Waals surface area contributed by atoms with Crippen LogP contribution in [0.3, 0.4) is 0 Å². The highest BCUT2D eigenvalue weighted by Crippen LogP contribution is 2.43. The van der Waals surface area contributed by atoms with E-state index < -0.39 is 10.0 Å². The SMILES string of the molecule is Cl.O=S(=O)(CCO)N1CCC[C@@H]2CN3CCc4ccccc4[C@@H]3C[C@@H]21. The van der Waals surface area contributed by atoms with Crippen LogP contribution < -0.4 is 0 Å². The van der Waals surface area contributed by atoms with Crippen LogP contribution in [0.15, 0.2) is 24.3 Å². The Morgan fingerprint density at radius 1 is 1.20 bits per heavy atom. The highest BCUT2D eigenvalue weighted by molar-refractivity contribution is 7.89. The number of piperidine rings is 2. The second kappa shape index (κ2) is 7.53. The first-order valence-electron chi connectivity index (χ1n) is 9.02. The second-order valence-electron chi connectivity index (χ2n) is 7.32. The molecule has 0 aliphatic carbocycles. The largest absolute Gasteiger partial charge is 0.395 e. The van der Waals surface area contributed by atoms with Gasteiger partial charge in [0, 0.05) is 31.7 Å². The van der Waals surface area contributed by atoms with Crippen molar-refractivity contribution in [2.24, 2.45) is 5.92 Å². The molecule has 3 aliphatic rings. The number of rotatable bonds is 3. The van der Waals surface area contributed by atoms with Gasteiger partial charge in [0.15, 0.2) is 0 Å². The zero-order chi connectivity index (χ0) is 16.7. The van der Waals surface area contributed by atoms with Gasteiger partial charge in [0.2, 0.25) is 10.0 Å². The van der Waals surface area contributed by atoms with Crippen molar-refractivity contribution in [2.45, 2.75) is 37.8 Å². The molecule has 0 radical (unpaired) electrons. The molecule has 7 heteroatoms. The number of aliphatic hydroxyl groups excluding tert-OH is 1. The van der Waals surface area contributed by atoms with Gasteiger partial charge in [-0.2, -0.15) is 4.31 Å². The van der Waals surface area contributed by atoms with E-state index in [2.05, 4.69) is 29.2 Å². The number of fused-ring (bicyclic) bond motifs is 4. The topological polar surface area (TPSA) is 60.9 Å². The highest BCUT2D eigenvalue weighted by Gasteiger charge is 2.45. The molecule has 2 saturated heterocycles. The molecule has 3 aliphatic heterocycles. The van der Waals surface area contributed by atoms with Gasteiger partial charge in [-0.05, 0) is 42.7 Å². The lowest BCUT2D eigenvalue weighted by Gasteiger charge is -2.51. The van der Waals surface area contributed by atoms with E-state index in [1.54, 1.807) is 4.31 Å². The summed E-state index contributed by atoms with van der Waals surface area (Å²) >= 11 is 0. The first kappa shape index (κ1) is 19.1. The molecule has 0 aromatic heterocycles. The van der Waals surface area contributed by atoms with Crippen LogP contribution >= 0.6 is 12.4 Å². The Labute approximate surface area is 156 Å². The number of halogens is 1. The minimum absolute atomic E-state index is 0. The summed E-state index contributed by atoms with van der Waals surface area (Å²) in [6.45, 7) is 2.38. The summed E-state index contributed by atoms with van der Waals surface area (Å²) in [4.78, 5) is 2.56. The van der Waals surface area contributed by atoms with Crippen LogP contribution in [0.1, 0.15) is 36.4 Å². The molecule has 3 heterocycles. The van der Waals surface area contributed by atoms with Crippen molar-refractivity contribution in [1.82, 2.24) is 9.21 Å². The fourth-order valence-electron chi connectivity index (χ4n) is 4.93. The summed E-state index contributed by atoms with van der Waals surface area (Å²) in [6, 6.07) is 9.03. The number of hydrogen-bond donors (Lipinski definition) is 1. The Hall–Kier alpha value is -0.660. The minimum atomic E-state index is -3.35. The van der Waals surface area contributed by atoms with Crippen LogP contribution in [0, 0.1) is 5.92 Å². The third-order valence-corrected chi connectivity index (χ3v) is 7.90. The van der Waals surface area contributed by atoms with Crippen molar-refractivity contribution < 1.29 is 13.5 Å². The Morgan fingerprint density at radius 2 is 2.00 bits per heavy atom. The molecule has 1 aromatic carbocycles. The van der Waals surface area contributed by atoms with Crippen LogP contribution in [0.5, 0.6) is 0 Å². The van der Waals surface area contributed by atoms with E-state index in [9.17, 15) is 8.42 Å². The van der Waals surface area contributed by atoms with Crippen molar-refractivity contribution in [1.29, 1.82) is 0 Å². The molecule has 1 aromatic rings. The van der Waals surface area contributed by atoms with Crippen molar-refractivity contribution in [3.05, 3.63) is 35.4 Å². The Balaban J connectivity index is 0.00000182. The smallest absolute Gasteiger partial charge is 0.216 e. The molecule has 1 N–H and O–H groups in total. The summed E-state index contributed by atoms with van der Waals surface area (Å²) in [7, 11) is -3.35. The highest BCUT2D eigenvalue weighted by atomic mass is 35.5. The Morgan fingerprint density at radius 3 is 2.80 bits per heavy atom. The Bertz CT molecular complexity index is 712. The summed E-state index contributed by atoms with van der Waals surface area (Å²) in [5, 5.41) is 9.13. The molecule has 0 spiro atoms. The first-order valence-corrected chi connectivity index (χ1v) is 10.6. The van der Waals surface area contributed by atoms with Crippen LogP contribution in [-0.2, 0) is 16.4 Å². The number of hydrogen-bond acceptors (Lipinski definition) is 4. The second-order valence-corrected chi connectivity index (χ2v) is 9.36. The van der Waals surface area contributed by atoms with Gasteiger partial charge in [-0.15, -0.1) is 12.4 Å². The van der Waals surface area contributed by atoms with Crippen LogP contribution in [0.25, 0.3) is 0 Å². The van der Waals surface area contributed by atoms with Crippen LogP contribution in [0.2, 0.25) is 0 Å². The molecular weight excluding hydrogens is 360 g/mol. The maximum Gasteiger partial charge on any atom is 0.216 e. The standard InChI is InChI=1S/C18H26N2O3S.ClH/c21-10-11-24(22,23)20-8-3-5-15-13-19-9-7-14-4-1-2-6-16(14)18(19)12-17(15)20;/h1-2,4,6,15,17-18,21H,3,5,7-13H2;1H/t15-,17+,18+;/m1./s1. The lowest BCUT2D eigenvalue weighted by molar-refractivity contribution is 0.0219. The summed E-state index contributed by atoms with van der Waals surface area (Å²) in [6.07, 6.45) is 4.02. The normalized spacial score (nSPS) is 29.9. The Kier molecular flexibility index (Phi) is 5.75. The molecule has 3 atom stereocenters. The first-order chi connectivity index (χ1) is 11.6. The molecule has 5 nitrogen and oxygen atoms in total. The monoisotopic (exact) mass is 386 g/mol. The van der Waals surface area contributed by atoms with Crippen molar-refractivity contribution in [2.75, 3.05) is 32.0 Å². The van der Waals surface area contributed by atoms with Gasteiger partial charge >= 0.3 is 0 Å². The molecule has 0 bridgehead atoms. The van der Waals surface area contributed by atoms with Crippen LogP contribution in [0.4, 0.5) is 0 Å². The third-order valence-electron chi connectivity index (χ3n) is 6.03. The number of benzene rings is 1. The molecular formula is C18H27ClN2O3S. The predicted molar refractivity (Wildman–Crippen MR) is 100 cm³/mol. The van der Waals surface area contributed by atoms with Gasteiger partial charge in [-0.1, -0.05) is 24.3 Å². The quantitative estimate of drug-likeness (QED) is 0.860. The zero-order valence-electron chi connectivity index (χ0n) is 14.4. The average molecular weight is 387 g/mol. The van der Waals surface area contributed by atoms with Crippen molar-refractivity contribution in [3.8, 4) is 0 Å². The van der Waals surface area contributed by atoms with E-state index in [4.69, 9.17) is 5.11 Å². The van der Waals surface area contributed by atoms with Crippen LogP contribution in [-0.4, -0.2) is 60.8 Å². The van der Waals surface area contributed by atoms with Gasteiger partial charge in [0.1, 0.15) is 0 Å². The van der Waals surface area contributed by atoms with E-state index in [0.717, 1.165) is 38.8 Å². The van der Waals surface area contributed by atoms with Gasteiger partial charge < -0.3 is 5.11 Å². The third kappa shape index (κ3) is 3.47. The molecule has 4 rings (SSSR count). The molecule has 2 fully saturated rings. The molecule has 0 amide bonds. The lowest BCUT2D eigenvalue weighted by atomic mass is 9.77. The fourth-order valence-corrected chi connectivity index (χ4v) is 6.47. The van der Waals surface area contributed by atoms with Crippen molar-refractivity contribution >= 4 is 22.4 Å². The van der Waals surface area contributed by atoms with Gasteiger partial charge in [0.05, 0.1) is 12.4 Å². The zero-order valence-corrected chi connectivity index (χ0v) is 16.0. The van der Waals surface area contributed by atoms with Gasteiger partial charge in [0.25, 0.3) is 0 Å². The van der Waals surface area contributed by atoms with E-state index in [1.165, 1.54) is 11.1 Å². The molecule has 25 heavy (non-hydrogen) atoms. The summed E-state index contributed by atoms with van der Waals surface area (Å²) in [5.74, 6) is 0.273. The fraction of sp³-hybridized carbons (Fsp3) is 0.667. The number of sulfonamides is 1. The van der Waals surface area contributed by atoms with Crippen molar-refractivity contribution in [3.63, 3.8) is 0 Å². The van der Waals surface area contributed by atoms with Gasteiger partial charge in [-0.25, -0.2) is 8.42 Å². The summed E-state index contributed by atoms with van der Waals surface area (Å²) in [5.41, 5.74) is 2.80. The van der Waals surface area contributed by atoms with E-state index in [0.29, 0.717) is 18.5 Å². The van der Waals surface area contributed by atoms with E-state index in [-0.39, 0.29) is 30.8 Å². The maximum absolute atomic E-state index is 12.6. The molecule has 0 saturated carbocycles. The average Bonchev–Trinajstić information content (AvgIpc) is 2.59. The minimum Gasteiger partial charge on any atom is -0.395 e. The lowest BCUT2D eigenvalue weighted by Crippen LogP contribution is -2.57. The number of nitrogens with zero attached hydrogens (tertiary/aromatic N) is 2. The van der Waals surface area contributed by atoms with E-state index >= 15 is 0 Å². The molecule has 140 valence electrons.